The van der Waals surface area contributed by atoms with Crippen molar-refractivity contribution in [3.63, 3.8) is 0 Å². The van der Waals surface area contributed by atoms with Crippen LogP contribution in [0.25, 0.3) is 10.8 Å². The molecule has 182 valence electrons. The molecule has 3 aromatic rings. The molecule has 2 unspecified atom stereocenters. The molecule has 2 atom stereocenters. The van der Waals surface area contributed by atoms with Gasteiger partial charge in [-0.1, -0.05) is 60.7 Å². The van der Waals surface area contributed by atoms with Crippen LogP contribution in [0, 0.1) is 0 Å². The van der Waals surface area contributed by atoms with Gasteiger partial charge in [-0.25, -0.2) is 0 Å². The molecule has 6 nitrogen and oxygen atoms in total. The van der Waals surface area contributed by atoms with Crippen LogP contribution >= 0.6 is 0 Å². The van der Waals surface area contributed by atoms with Gasteiger partial charge in [-0.2, -0.15) is 0 Å². The molecule has 0 bridgehead atoms. The van der Waals surface area contributed by atoms with E-state index in [2.05, 4.69) is 29.6 Å². The van der Waals surface area contributed by atoms with Gasteiger partial charge in [0.15, 0.2) is 12.6 Å². The summed E-state index contributed by atoms with van der Waals surface area (Å²) in [5.74, 6) is 0.259. The van der Waals surface area contributed by atoms with Crippen LogP contribution in [-0.2, 0) is 18.9 Å². The Labute approximate surface area is 201 Å². The fourth-order valence-corrected chi connectivity index (χ4v) is 4.72. The first-order valence-electron chi connectivity index (χ1n) is 12.0. The van der Waals surface area contributed by atoms with Crippen molar-refractivity contribution in [1.82, 2.24) is 5.32 Å². The highest BCUT2D eigenvalue weighted by molar-refractivity contribution is 5.88. The number of rotatable bonds is 11. The molecule has 1 heterocycles. The summed E-state index contributed by atoms with van der Waals surface area (Å²) in [6.45, 7) is 1.50. The molecular formula is C28H35NO5. The topological polar surface area (TPSA) is 69.2 Å². The minimum Gasteiger partial charge on any atom is -0.508 e. The maximum Gasteiger partial charge on any atom is 0.172 e. The smallest absolute Gasteiger partial charge is 0.172 e. The molecule has 0 spiro atoms. The quantitative estimate of drug-likeness (QED) is 0.382. The number of phenolic OH excluding ortho intramolecular Hbond substituents is 1. The predicted molar refractivity (Wildman–Crippen MR) is 133 cm³/mol. The highest BCUT2D eigenvalue weighted by Gasteiger charge is 2.28. The van der Waals surface area contributed by atoms with Crippen molar-refractivity contribution >= 4 is 10.8 Å². The van der Waals surface area contributed by atoms with Crippen molar-refractivity contribution in [3.05, 3.63) is 77.9 Å². The van der Waals surface area contributed by atoms with Crippen LogP contribution in [0.15, 0.2) is 66.7 Å². The Hall–Kier alpha value is -2.48. The first kappa shape index (κ1) is 24.6. The Morgan fingerprint density at radius 2 is 1.65 bits per heavy atom. The van der Waals surface area contributed by atoms with Gasteiger partial charge >= 0.3 is 0 Å². The third kappa shape index (κ3) is 5.95. The summed E-state index contributed by atoms with van der Waals surface area (Å²) in [7, 11) is 3.31. The molecular weight excluding hydrogens is 430 g/mol. The lowest BCUT2D eigenvalue weighted by molar-refractivity contribution is -0.182. The number of benzene rings is 3. The number of methoxy groups -OCH3 is 2. The van der Waals surface area contributed by atoms with Gasteiger partial charge in [0.2, 0.25) is 0 Å². The Morgan fingerprint density at radius 1 is 0.941 bits per heavy atom. The van der Waals surface area contributed by atoms with Crippen LogP contribution in [-0.4, -0.2) is 51.2 Å². The third-order valence-corrected chi connectivity index (χ3v) is 6.39. The standard InChI is InChI=1S/C28H35NO5/c1-31-28(32-2)23(14-8-15-25-33-18-9-19-34-25)29-27(21-11-4-3-5-12-21)26-22-13-7-6-10-20(22)16-17-24(26)30/h3-7,10-13,16-17,23,25,27-30H,8-9,14-15,18-19H2,1-2H3. The van der Waals surface area contributed by atoms with E-state index < -0.39 is 6.29 Å². The second-order valence-corrected chi connectivity index (χ2v) is 8.63. The zero-order valence-electron chi connectivity index (χ0n) is 20.0. The van der Waals surface area contributed by atoms with Gasteiger partial charge in [-0.15, -0.1) is 0 Å². The third-order valence-electron chi connectivity index (χ3n) is 6.39. The number of nitrogens with one attached hydrogen (secondary N) is 1. The molecule has 2 N–H and O–H groups in total. The molecule has 6 heteroatoms. The average molecular weight is 466 g/mol. The number of aromatic hydroxyl groups is 1. The first-order valence-corrected chi connectivity index (χ1v) is 12.0. The Bertz CT molecular complexity index is 1020. The molecule has 0 amide bonds. The van der Waals surface area contributed by atoms with Crippen LogP contribution in [0.2, 0.25) is 0 Å². The summed E-state index contributed by atoms with van der Waals surface area (Å²) in [6.07, 6.45) is 2.84. The van der Waals surface area contributed by atoms with E-state index in [9.17, 15) is 5.11 Å². The van der Waals surface area contributed by atoms with Crippen LogP contribution < -0.4 is 5.32 Å². The Morgan fingerprint density at radius 3 is 2.38 bits per heavy atom. The fraction of sp³-hybridized carbons (Fsp3) is 0.429. The van der Waals surface area contributed by atoms with E-state index in [4.69, 9.17) is 18.9 Å². The van der Waals surface area contributed by atoms with Crippen molar-refractivity contribution < 1.29 is 24.1 Å². The van der Waals surface area contributed by atoms with E-state index in [1.807, 2.05) is 36.4 Å². The van der Waals surface area contributed by atoms with Gasteiger partial charge in [0.1, 0.15) is 5.75 Å². The molecule has 1 saturated heterocycles. The van der Waals surface area contributed by atoms with Gasteiger partial charge in [0.25, 0.3) is 0 Å². The van der Waals surface area contributed by atoms with Gasteiger partial charge in [0, 0.05) is 19.8 Å². The van der Waals surface area contributed by atoms with Crippen LogP contribution in [0.3, 0.4) is 0 Å². The van der Waals surface area contributed by atoms with E-state index in [0.717, 1.165) is 60.8 Å². The Kier molecular flexibility index (Phi) is 8.91. The maximum atomic E-state index is 11.0. The summed E-state index contributed by atoms with van der Waals surface area (Å²) in [4.78, 5) is 0. The summed E-state index contributed by atoms with van der Waals surface area (Å²) in [5.41, 5.74) is 1.91. The fourth-order valence-electron chi connectivity index (χ4n) is 4.72. The minimum absolute atomic E-state index is 0.123. The van der Waals surface area contributed by atoms with Gasteiger partial charge in [-0.05, 0) is 48.1 Å². The van der Waals surface area contributed by atoms with Crippen LogP contribution in [0.4, 0.5) is 0 Å². The van der Waals surface area contributed by atoms with Crippen LogP contribution in [0.5, 0.6) is 5.75 Å². The van der Waals surface area contributed by atoms with E-state index in [-0.39, 0.29) is 24.1 Å². The van der Waals surface area contributed by atoms with Gasteiger partial charge < -0.3 is 24.1 Å². The molecule has 4 rings (SSSR count). The second kappa shape index (κ2) is 12.3. The van der Waals surface area contributed by atoms with Crippen LogP contribution in [0.1, 0.15) is 42.9 Å². The monoisotopic (exact) mass is 465 g/mol. The lowest BCUT2D eigenvalue weighted by Gasteiger charge is -2.32. The molecule has 1 fully saturated rings. The molecule has 0 aromatic heterocycles. The highest BCUT2D eigenvalue weighted by atomic mass is 16.7. The summed E-state index contributed by atoms with van der Waals surface area (Å²) >= 11 is 0. The molecule has 34 heavy (non-hydrogen) atoms. The number of ether oxygens (including phenoxy) is 4. The number of phenols is 1. The SMILES string of the molecule is COC(OC)C(CCCC1OCCCO1)NC(c1ccccc1)c1c(O)ccc2ccccc12. The number of hydrogen-bond donors (Lipinski definition) is 2. The summed E-state index contributed by atoms with van der Waals surface area (Å²) in [5, 5.41) is 16.9. The normalized spacial score (nSPS) is 16.7. The van der Waals surface area contributed by atoms with Gasteiger partial charge in [-0.3, -0.25) is 5.32 Å². The van der Waals surface area contributed by atoms with Crippen molar-refractivity contribution in [2.45, 2.75) is 50.3 Å². The maximum absolute atomic E-state index is 11.0. The van der Waals surface area contributed by atoms with E-state index >= 15 is 0 Å². The Balaban J connectivity index is 1.64. The minimum atomic E-state index is -0.448. The zero-order chi connectivity index (χ0) is 23.8. The molecule has 0 aliphatic carbocycles. The molecule has 3 aromatic carbocycles. The summed E-state index contributed by atoms with van der Waals surface area (Å²) in [6, 6.07) is 21.7. The largest absolute Gasteiger partial charge is 0.508 e. The number of hydrogen-bond acceptors (Lipinski definition) is 6. The van der Waals surface area contributed by atoms with Crippen molar-refractivity contribution in [1.29, 1.82) is 0 Å². The molecule has 1 aliphatic heterocycles. The first-order chi connectivity index (χ1) is 16.7. The molecule has 0 saturated carbocycles. The lowest BCUT2D eigenvalue weighted by Crippen LogP contribution is -2.44. The van der Waals surface area contributed by atoms with Crippen molar-refractivity contribution in [3.8, 4) is 5.75 Å². The number of fused-ring (bicyclic) bond motifs is 1. The van der Waals surface area contributed by atoms with E-state index in [0.29, 0.717) is 0 Å². The molecule has 0 radical (unpaired) electrons. The molecule has 1 aliphatic rings. The summed E-state index contributed by atoms with van der Waals surface area (Å²) < 4.78 is 22.8. The van der Waals surface area contributed by atoms with Crippen molar-refractivity contribution in [2.24, 2.45) is 0 Å². The van der Waals surface area contributed by atoms with Gasteiger partial charge in [0.05, 0.1) is 25.3 Å². The predicted octanol–water partition coefficient (Wildman–Crippen LogP) is 5.15. The highest BCUT2D eigenvalue weighted by Crippen LogP contribution is 2.36. The lowest BCUT2D eigenvalue weighted by atomic mass is 9.91. The zero-order valence-corrected chi connectivity index (χ0v) is 20.0. The average Bonchev–Trinajstić information content (AvgIpc) is 2.89. The van der Waals surface area contributed by atoms with E-state index in [1.165, 1.54) is 0 Å². The second-order valence-electron chi connectivity index (χ2n) is 8.63. The van der Waals surface area contributed by atoms with E-state index in [1.54, 1.807) is 20.3 Å². The van der Waals surface area contributed by atoms with Crippen molar-refractivity contribution in [2.75, 3.05) is 27.4 Å².